The molecule has 1 atom stereocenters. The van der Waals surface area contributed by atoms with E-state index >= 15 is 0 Å². The molecule has 8 heteroatoms. The molecule has 0 aromatic heterocycles. The van der Waals surface area contributed by atoms with Gasteiger partial charge in [0.15, 0.2) is 0 Å². The van der Waals surface area contributed by atoms with Crippen LogP contribution in [0.5, 0.6) is 0 Å². The van der Waals surface area contributed by atoms with E-state index in [1.54, 1.807) is 30.3 Å². The molecule has 24 heavy (non-hydrogen) atoms. The molecule has 5 nitrogen and oxygen atoms in total. The summed E-state index contributed by atoms with van der Waals surface area (Å²) < 4.78 is 26.1. The standard InChI is InChI=1S/C16H15Cl2NO4S/c1-19(24(22,23)13-5-3-2-4-6-13)15(16(20)21)9-11-7-8-12(17)10-14(11)18/h2-8,10,15H,9H2,1H3,(H,20,21)/t15-/m1/s1. The van der Waals surface area contributed by atoms with Gasteiger partial charge >= 0.3 is 5.97 Å². The number of likely N-dealkylation sites (N-methyl/N-ethyl adjacent to an activating group) is 1. The summed E-state index contributed by atoms with van der Waals surface area (Å²) in [5.74, 6) is -1.26. The molecule has 128 valence electrons. The minimum Gasteiger partial charge on any atom is -0.480 e. The molecular formula is C16H15Cl2NO4S. The van der Waals surface area contributed by atoms with Crippen LogP contribution < -0.4 is 0 Å². The number of carboxylic acids is 1. The Morgan fingerprint density at radius 3 is 2.33 bits per heavy atom. The molecule has 0 fully saturated rings. The van der Waals surface area contributed by atoms with E-state index in [1.165, 1.54) is 25.2 Å². The molecule has 2 aromatic carbocycles. The lowest BCUT2D eigenvalue weighted by Crippen LogP contribution is -2.43. The molecule has 0 heterocycles. The Labute approximate surface area is 150 Å². The molecule has 0 saturated carbocycles. The van der Waals surface area contributed by atoms with Gasteiger partial charge in [0.05, 0.1) is 4.90 Å². The van der Waals surface area contributed by atoms with Crippen molar-refractivity contribution in [1.82, 2.24) is 4.31 Å². The van der Waals surface area contributed by atoms with Crippen LogP contribution in [0.4, 0.5) is 0 Å². The molecule has 0 aliphatic rings. The number of hydrogen-bond donors (Lipinski definition) is 1. The second-order valence-corrected chi connectivity index (χ2v) is 7.97. The summed E-state index contributed by atoms with van der Waals surface area (Å²) in [6.45, 7) is 0. The van der Waals surface area contributed by atoms with Gasteiger partial charge in [-0.3, -0.25) is 4.79 Å². The van der Waals surface area contributed by atoms with Gasteiger partial charge in [-0.1, -0.05) is 47.5 Å². The van der Waals surface area contributed by atoms with E-state index in [4.69, 9.17) is 23.2 Å². The third kappa shape index (κ3) is 4.08. The van der Waals surface area contributed by atoms with E-state index in [0.29, 0.717) is 15.6 Å². The van der Waals surface area contributed by atoms with E-state index in [1.807, 2.05) is 0 Å². The van der Waals surface area contributed by atoms with Gasteiger partial charge in [0.1, 0.15) is 6.04 Å². The van der Waals surface area contributed by atoms with Gasteiger partial charge in [0, 0.05) is 23.5 Å². The zero-order chi connectivity index (χ0) is 17.9. The van der Waals surface area contributed by atoms with Gasteiger partial charge in [0.25, 0.3) is 0 Å². The smallest absolute Gasteiger partial charge is 0.322 e. The number of carboxylic acid groups (broad SMARTS) is 1. The summed E-state index contributed by atoms with van der Waals surface area (Å²) in [7, 11) is -2.70. The highest BCUT2D eigenvalue weighted by Crippen LogP contribution is 2.25. The molecule has 0 radical (unpaired) electrons. The van der Waals surface area contributed by atoms with Crippen molar-refractivity contribution in [3.8, 4) is 0 Å². The Bertz CT molecular complexity index is 840. The Morgan fingerprint density at radius 1 is 1.17 bits per heavy atom. The predicted molar refractivity (Wildman–Crippen MR) is 93.0 cm³/mol. The van der Waals surface area contributed by atoms with E-state index in [-0.39, 0.29) is 11.3 Å². The summed E-state index contributed by atoms with van der Waals surface area (Å²) in [5, 5.41) is 10.2. The first-order chi connectivity index (χ1) is 11.2. The van der Waals surface area contributed by atoms with Gasteiger partial charge in [-0.15, -0.1) is 0 Å². The largest absolute Gasteiger partial charge is 0.480 e. The number of halogens is 2. The maximum Gasteiger partial charge on any atom is 0.322 e. The SMILES string of the molecule is CN([C@H](Cc1ccc(Cl)cc1Cl)C(=O)O)S(=O)(=O)c1ccccc1. The molecule has 0 amide bonds. The fourth-order valence-electron chi connectivity index (χ4n) is 2.19. The van der Waals surface area contributed by atoms with Crippen LogP contribution in [0.2, 0.25) is 10.0 Å². The molecule has 0 bridgehead atoms. The number of carbonyl (C=O) groups is 1. The Morgan fingerprint density at radius 2 is 1.79 bits per heavy atom. The molecule has 0 unspecified atom stereocenters. The number of nitrogens with zero attached hydrogens (tertiary/aromatic N) is 1. The molecular weight excluding hydrogens is 373 g/mol. The third-order valence-corrected chi connectivity index (χ3v) is 6.04. The molecule has 2 aromatic rings. The Kier molecular flexibility index (Phi) is 5.87. The van der Waals surface area contributed by atoms with Crippen LogP contribution >= 0.6 is 23.2 Å². The summed E-state index contributed by atoms with van der Waals surface area (Å²) in [6.07, 6.45) is -0.0755. The van der Waals surface area contributed by atoms with Crippen molar-refractivity contribution in [2.45, 2.75) is 17.4 Å². The van der Waals surface area contributed by atoms with Crippen molar-refractivity contribution in [3.05, 3.63) is 64.1 Å². The molecule has 1 N–H and O–H groups in total. The van der Waals surface area contributed by atoms with Gasteiger partial charge in [-0.2, -0.15) is 4.31 Å². The maximum atomic E-state index is 12.6. The molecule has 0 spiro atoms. The highest BCUT2D eigenvalue weighted by Gasteiger charge is 2.33. The quantitative estimate of drug-likeness (QED) is 0.824. The normalized spacial score (nSPS) is 13.0. The molecule has 2 rings (SSSR count). The van der Waals surface area contributed by atoms with E-state index in [0.717, 1.165) is 4.31 Å². The van der Waals surface area contributed by atoms with Crippen molar-refractivity contribution >= 4 is 39.2 Å². The molecule has 0 saturated heterocycles. The first-order valence-corrected chi connectivity index (χ1v) is 9.13. The van der Waals surface area contributed by atoms with Crippen LogP contribution in [0.3, 0.4) is 0 Å². The van der Waals surface area contributed by atoms with Crippen molar-refractivity contribution in [3.63, 3.8) is 0 Å². The van der Waals surface area contributed by atoms with Crippen molar-refractivity contribution in [1.29, 1.82) is 0 Å². The van der Waals surface area contributed by atoms with Gasteiger partial charge in [-0.05, 0) is 29.8 Å². The summed E-state index contributed by atoms with van der Waals surface area (Å²) in [4.78, 5) is 11.7. The lowest BCUT2D eigenvalue weighted by molar-refractivity contribution is -0.141. The van der Waals surface area contributed by atoms with Crippen molar-refractivity contribution in [2.75, 3.05) is 7.05 Å². The first-order valence-electron chi connectivity index (χ1n) is 6.93. The van der Waals surface area contributed by atoms with Crippen LogP contribution in [0.1, 0.15) is 5.56 Å². The minimum atomic E-state index is -3.94. The van der Waals surface area contributed by atoms with Crippen molar-refractivity contribution in [2.24, 2.45) is 0 Å². The van der Waals surface area contributed by atoms with Crippen LogP contribution in [-0.4, -0.2) is 36.9 Å². The van der Waals surface area contributed by atoms with Crippen molar-refractivity contribution < 1.29 is 18.3 Å². The topological polar surface area (TPSA) is 74.7 Å². The predicted octanol–water partition coefficient (Wildman–Crippen LogP) is 3.31. The second-order valence-electron chi connectivity index (χ2n) is 5.13. The fraction of sp³-hybridized carbons (Fsp3) is 0.188. The van der Waals surface area contributed by atoms with E-state index in [2.05, 4.69) is 0 Å². The maximum absolute atomic E-state index is 12.6. The zero-order valence-corrected chi connectivity index (χ0v) is 15.0. The van der Waals surface area contributed by atoms with Gasteiger partial charge in [-0.25, -0.2) is 8.42 Å². The van der Waals surface area contributed by atoms with E-state index in [9.17, 15) is 18.3 Å². The van der Waals surface area contributed by atoms with Crippen LogP contribution in [0, 0.1) is 0 Å². The number of sulfonamides is 1. The van der Waals surface area contributed by atoms with E-state index < -0.39 is 22.0 Å². The summed E-state index contributed by atoms with van der Waals surface area (Å²) in [5.41, 5.74) is 0.503. The average molecular weight is 388 g/mol. The first kappa shape index (κ1) is 18.7. The fourth-order valence-corrected chi connectivity index (χ4v) is 4.01. The lowest BCUT2D eigenvalue weighted by atomic mass is 10.1. The van der Waals surface area contributed by atoms with Gasteiger partial charge < -0.3 is 5.11 Å². The second kappa shape index (κ2) is 7.53. The van der Waals surface area contributed by atoms with Crippen LogP contribution in [0.25, 0.3) is 0 Å². The van der Waals surface area contributed by atoms with Gasteiger partial charge in [0.2, 0.25) is 10.0 Å². The zero-order valence-electron chi connectivity index (χ0n) is 12.7. The minimum absolute atomic E-state index is 0.0287. The summed E-state index contributed by atoms with van der Waals surface area (Å²) >= 11 is 11.9. The molecule has 0 aliphatic heterocycles. The third-order valence-electron chi connectivity index (χ3n) is 3.57. The Hall–Kier alpha value is -1.60. The number of aliphatic carboxylic acids is 1. The number of rotatable bonds is 6. The number of hydrogen-bond acceptors (Lipinski definition) is 3. The average Bonchev–Trinajstić information content (AvgIpc) is 2.54. The lowest BCUT2D eigenvalue weighted by Gasteiger charge is -2.24. The summed E-state index contributed by atoms with van der Waals surface area (Å²) in [6, 6.07) is 11.0. The van der Waals surface area contributed by atoms with Crippen LogP contribution in [-0.2, 0) is 21.2 Å². The number of benzene rings is 2. The van der Waals surface area contributed by atoms with Crippen LogP contribution in [0.15, 0.2) is 53.4 Å². The highest BCUT2D eigenvalue weighted by atomic mass is 35.5. The monoisotopic (exact) mass is 387 g/mol. The Balaban J connectivity index is 2.35. The highest BCUT2D eigenvalue weighted by molar-refractivity contribution is 7.89. The molecule has 0 aliphatic carbocycles.